The molecule has 0 aromatic heterocycles. The first-order valence-corrected chi connectivity index (χ1v) is 6.54. The zero-order valence-corrected chi connectivity index (χ0v) is 11.6. The zero-order valence-electron chi connectivity index (χ0n) is 10.8. The molecule has 1 N–H and O–H groups in total. The lowest BCUT2D eigenvalue weighted by atomic mass is 10.0. The number of aliphatic hydroxyl groups excluding tert-OH is 1. The van der Waals surface area contributed by atoms with Gasteiger partial charge in [-0.3, -0.25) is 9.69 Å². The number of rotatable bonds is 2. The van der Waals surface area contributed by atoms with Crippen molar-refractivity contribution in [1.29, 1.82) is 5.26 Å². The van der Waals surface area contributed by atoms with E-state index in [1.54, 1.807) is 31.2 Å². The van der Waals surface area contributed by atoms with Gasteiger partial charge in [-0.25, -0.2) is 0 Å². The van der Waals surface area contributed by atoms with E-state index >= 15 is 0 Å². The molecule has 1 aliphatic rings. The molecular formula is C14H15ClN2O2. The van der Waals surface area contributed by atoms with Gasteiger partial charge in [0.15, 0.2) is 0 Å². The molecule has 0 spiro atoms. The quantitative estimate of drug-likeness (QED) is 0.666. The number of amides is 1. The minimum absolute atomic E-state index is 0.200. The van der Waals surface area contributed by atoms with Gasteiger partial charge in [-0.05, 0) is 30.7 Å². The summed E-state index contributed by atoms with van der Waals surface area (Å²) in [6, 6.07) is 8.63. The Bertz CT molecular complexity index is 537. The van der Waals surface area contributed by atoms with Gasteiger partial charge in [0.2, 0.25) is 5.91 Å². The zero-order chi connectivity index (χ0) is 14.2. The number of nitrogens with zero attached hydrogens (tertiary/aromatic N) is 2. The van der Waals surface area contributed by atoms with Crippen LogP contribution in [0.2, 0.25) is 0 Å². The van der Waals surface area contributed by atoms with Gasteiger partial charge in [-0.2, -0.15) is 5.26 Å². The van der Waals surface area contributed by atoms with Crippen LogP contribution in [0.5, 0.6) is 0 Å². The van der Waals surface area contributed by atoms with Crippen molar-refractivity contribution < 1.29 is 9.90 Å². The largest absolute Gasteiger partial charge is 0.389 e. The molecule has 4 nitrogen and oxygen atoms in total. The van der Waals surface area contributed by atoms with Crippen LogP contribution in [-0.4, -0.2) is 22.1 Å². The van der Waals surface area contributed by atoms with Gasteiger partial charge in [0.1, 0.15) is 11.1 Å². The van der Waals surface area contributed by atoms with Crippen LogP contribution >= 0.6 is 11.6 Å². The number of hydrogen-bond acceptors (Lipinski definition) is 3. The average molecular weight is 279 g/mol. The summed E-state index contributed by atoms with van der Waals surface area (Å²) in [6.07, 6.45) is -0.478. The van der Waals surface area contributed by atoms with Crippen molar-refractivity contribution in [2.75, 3.05) is 4.90 Å². The van der Waals surface area contributed by atoms with Crippen molar-refractivity contribution >= 4 is 23.2 Å². The fourth-order valence-electron chi connectivity index (χ4n) is 2.43. The fourth-order valence-corrected chi connectivity index (χ4v) is 2.80. The highest BCUT2D eigenvalue weighted by molar-refractivity contribution is 6.30. The van der Waals surface area contributed by atoms with Crippen molar-refractivity contribution in [1.82, 2.24) is 0 Å². The van der Waals surface area contributed by atoms with Gasteiger partial charge in [0.05, 0.1) is 17.6 Å². The van der Waals surface area contributed by atoms with Gasteiger partial charge in [0.25, 0.3) is 0 Å². The fraction of sp³-hybridized carbons (Fsp3) is 0.429. The topological polar surface area (TPSA) is 64.3 Å². The summed E-state index contributed by atoms with van der Waals surface area (Å²) in [5, 5.41) is 19.0. The van der Waals surface area contributed by atoms with Gasteiger partial charge in [-0.15, -0.1) is 0 Å². The molecule has 1 saturated heterocycles. The number of anilines is 1. The molecule has 0 saturated carbocycles. The van der Waals surface area contributed by atoms with E-state index < -0.39 is 17.0 Å². The van der Waals surface area contributed by atoms with Crippen LogP contribution in [0.1, 0.15) is 25.8 Å². The Morgan fingerprint density at radius 3 is 2.53 bits per heavy atom. The summed E-state index contributed by atoms with van der Waals surface area (Å²) in [7, 11) is 0. The minimum Gasteiger partial charge on any atom is -0.389 e. The first-order valence-electron chi connectivity index (χ1n) is 6.17. The van der Waals surface area contributed by atoms with E-state index in [1.165, 1.54) is 4.90 Å². The second-order valence-corrected chi connectivity index (χ2v) is 5.39. The third-order valence-corrected chi connectivity index (χ3v) is 4.32. The molecule has 1 aliphatic heterocycles. The molecule has 5 heteroatoms. The number of carbonyl (C=O) groups is 1. The number of aliphatic hydroxyl groups is 1. The molecule has 0 unspecified atom stereocenters. The Hall–Kier alpha value is -1.57. The minimum atomic E-state index is -1.12. The summed E-state index contributed by atoms with van der Waals surface area (Å²) < 4.78 is 0. The van der Waals surface area contributed by atoms with Gasteiger partial charge >= 0.3 is 0 Å². The molecule has 19 heavy (non-hydrogen) atoms. The highest BCUT2D eigenvalue weighted by Crippen LogP contribution is 2.43. The lowest BCUT2D eigenvalue weighted by Crippen LogP contribution is -2.46. The van der Waals surface area contributed by atoms with Crippen molar-refractivity contribution in [3.05, 3.63) is 29.8 Å². The molecule has 100 valence electrons. The van der Waals surface area contributed by atoms with Crippen LogP contribution in [0.15, 0.2) is 24.3 Å². The number of halogens is 1. The lowest BCUT2D eigenvalue weighted by Gasteiger charge is -2.34. The first kappa shape index (κ1) is 13.9. The highest BCUT2D eigenvalue weighted by Gasteiger charge is 2.55. The Morgan fingerprint density at radius 1 is 1.47 bits per heavy atom. The smallest absolute Gasteiger partial charge is 0.234 e. The van der Waals surface area contributed by atoms with Gasteiger partial charge < -0.3 is 5.11 Å². The molecule has 1 aromatic carbocycles. The SMILES string of the molecule is CC[C@]1(Cl)[C@@H](O)[C@H](C)C(=O)N1c1ccc(C#N)cc1. The van der Waals surface area contributed by atoms with E-state index in [-0.39, 0.29) is 5.91 Å². The van der Waals surface area contributed by atoms with Crippen molar-refractivity contribution in [2.45, 2.75) is 31.4 Å². The average Bonchev–Trinajstić information content (AvgIpc) is 2.61. The second-order valence-electron chi connectivity index (χ2n) is 4.74. The molecule has 0 aliphatic carbocycles. The molecular weight excluding hydrogens is 264 g/mol. The maximum absolute atomic E-state index is 12.3. The van der Waals surface area contributed by atoms with Gasteiger partial charge in [0, 0.05) is 5.69 Å². The molecule has 2 rings (SSSR count). The Labute approximate surface area is 117 Å². The predicted molar refractivity (Wildman–Crippen MR) is 72.7 cm³/mol. The summed E-state index contributed by atoms with van der Waals surface area (Å²) >= 11 is 6.46. The second kappa shape index (κ2) is 4.84. The Balaban J connectivity index is 2.46. The van der Waals surface area contributed by atoms with E-state index in [2.05, 4.69) is 0 Å². The van der Waals surface area contributed by atoms with Crippen molar-refractivity contribution in [3.63, 3.8) is 0 Å². The van der Waals surface area contributed by atoms with Gasteiger partial charge in [-0.1, -0.05) is 25.4 Å². The summed E-state index contributed by atoms with van der Waals surface area (Å²) in [4.78, 5) is 12.6. The van der Waals surface area contributed by atoms with E-state index in [4.69, 9.17) is 16.9 Å². The monoisotopic (exact) mass is 278 g/mol. The van der Waals surface area contributed by atoms with Crippen LogP contribution in [0, 0.1) is 17.2 Å². The molecule has 1 amide bonds. The molecule has 0 radical (unpaired) electrons. The maximum Gasteiger partial charge on any atom is 0.234 e. The number of nitriles is 1. The van der Waals surface area contributed by atoms with Crippen molar-refractivity contribution in [3.8, 4) is 6.07 Å². The normalized spacial score (nSPS) is 30.5. The van der Waals surface area contributed by atoms with Crippen LogP contribution in [0.3, 0.4) is 0 Å². The van der Waals surface area contributed by atoms with Crippen LogP contribution in [0.25, 0.3) is 0 Å². The number of hydrogen-bond donors (Lipinski definition) is 1. The summed E-state index contributed by atoms with van der Waals surface area (Å²) in [5.74, 6) is -0.734. The van der Waals surface area contributed by atoms with E-state index in [0.29, 0.717) is 17.7 Å². The van der Waals surface area contributed by atoms with Crippen molar-refractivity contribution in [2.24, 2.45) is 5.92 Å². The number of carbonyl (C=O) groups excluding carboxylic acids is 1. The Morgan fingerprint density at radius 2 is 2.05 bits per heavy atom. The molecule has 1 heterocycles. The third kappa shape index (κ3) is 1.99. The molecule has 0 bridgehead atoms. The standard InChI is InChI=1S/C14H15ClN2O2/c1-3-14(15)12(18)9(2)13(19)17(14)11-6-4-10(8-16)5-7-11/h4-7,9,12,18H,3H2,1-2H3/t9-,12-,14+/m0/s1. The number of alkyl halides is 1. The predicted octanol–water partition coefficient (Wildman–Crippen LogP) is 2.25. The number of benzene rings is 1. The van der Waals surface area contributed by atoms with E-state index in [0.717, 1.165) is 0 Å². The molecule has 3 atom stereocenters. The third-order valence-electron chi connectivity index (χ3n) is 3.66. The van der Waals surface area contributed by atoms with Crippen LogP contribution < -0.4 is 4.90 Å². The van der Waals surface area contributed by atoms with Crippen LogP contribution in [0.4, 0.5) is 5.69 Å². The van der Waals surface area contributed by atoms with Crippen LogP contribution in [-0.2, 0) is 4.79 Å². The van der Waals surface area contributed by atoms with E-state index in [9.17, 15) is 9.90 Å². The summed E-state index contributed by atoms with van der Waals surface area (Å²) in [5.41, 5.74) is 1.12. The first-order chi connectivity index (χ1) is 8.95. The summed E-state index contributed by atoms with van der Waals surface area (Å²) in [6.45, 7) is 3.50. The highest BCUT2D eigenvalue weighted by atomic mass is 35.5. The Kier molecular flexibility index (Phi) is 3.53. The maximum atomic E-state index is 12.3. The van der Waals surface area contributed by atoms with E-state index in [1.807, 2.05) is 13.0 Å². The molecule has 1 aromatic rings. The molecule has 1 fully saturated rings. The lowest BCUT2D eigenvalue weighted by molar-refractivity contribution is -0.121.